The number of benzene rings is 1. The maximum atomic E-state index is 13.1. The number of hydrogen-bond acceptors (Lipinski definition) is 7. The highest BCUT2D eigenvalue weighted by atomic mass is 32.2. The molecule has 0 radical (unpaired) electrons. The van der Waals surface area contributed by atoms with Crippen LogP contribution in [0.2, 0.25) is 0 Å². The third-order valence-electron chi connectivity index (χ3n) is 6.07. The van der Waals surface area contributed by atoms with Crippen molar-refractivity contribution in [2.75, 3.05) is 30.8 Å². The minimum atomic E-state index is -1.22. The van der Waals surface area contributed by atoms with Gasteiger partial charge in [0.25, 0.3) is 0 Å². The molecule has 1 aromatic carbocycles. The third kappa shape index (κ3) is 4.28. The van der Waals surface area contributed by atoms with Gasteiger partial charge < -0.3 is 14.4 Å². The zero-order valence-electron chi connectivity index (χ0n) is 19.0. The van der Waals surface area contributed by atoms with E-state index in [1.807, 2.05) is 35.2 Å². The fourth-order valence-corrected chi connectivity index (χ4v) is 4.80. The van der Waals surface area contributed by atoms with Gasteiger partial charge in [-0.15, -0.1) is 0 Å². The van der Waals surface area contributed by atoms with Crippen LogP contribution in [0.3, 0.4) is 0 Å². The molecular weight excluding hydrogens is 450 g/mol. The van der Waals surface area contributed by atoms with Gasteiger partial charge in [0, 0.05) is 67.3 Å². The number of fused-ring (bicyclic) bond motifs is 1. The van der Waals surface area contributed by atoms with Crippen LogP contribution >= 0.6 is 0 Å². The molecule has 0 spiro atoms. The first kappa shape index (κ1) is 22.1. The quantitative estimate of drug-likeness (QED) is 0.409. The predicted octanol–water partition coefficient (Wildman–Crippen LogP) is 2.36. The zero-order valence-corrected chi connectivity index (χ0v) is 19.9. The molecule has 0 saturated carbocycles. The highest BCUT2D eigenvalue weighted by Crippen LogP contribution is 2.31. The van der Waals surface area contributed by atoms with Crippen LogP contribution in [-0.2, 0) is 22.1 Å². The molecule has 1 saturated heterocycles. The van der Waals surface area contributed by atoms with E-state index in [0.717, 1.165) is 28.0 Å². The molecule has 4 heterocycles. The minimum absolute atomic E-state index is 0.0400. The molecule has 10 heteroatoms. The maximum absolute atomic E-state index is 13.1. The summed E-state index contributed by atoms with van der Waals surface area (Å²) in [5, 5.41) is 0.322. The van der Waals surface area contributed by atoms with E-state index >= 15 is 0 Å². The van der Waals surface area contributed by atoms with E-state index in [-0.39, 0.29) is 18.5 Å². The van der Waals surface area contributed by atoms with E-state index in [1.54, 1.807) is 35.7 Å². The molecule has 9 nitrogen and oxygen atoms in total. The Labute approximate surface area is 199 Å². The summed E-state index contributed by atoms with van der Waals surface area (Å²) in [6.07, 6.45) is 8.39. The molecule has 1 aliphatic rings. The van der Waals surface area contributed by atoms with Crippen molar-refractivity contribution in [1.29, 1.82) is 0 Å². The lowest BCUT2D eigenvalue weighted by Crippen LogP contribution is -2.54. The van der Waals surface area contributed by atoms with Gasteiger partial charge in [0.05, 0.1) is 17.1 Å². The van der Waals surface area contributed by atoms with Crippen molar-refractivity contribution < 1.29 is 9.00 Å². The van der Waals surface area contributed by atoms with Gasteiger partial charge in [-0.3, -0.25) is 9.00 Å². The van der Waals surface area contributed by atoms with E-state index in [4.69, 9.17) is 0 Å². The summed E-state index contributed by atoms with van der Waals surface area (Å²) in [5.41, 5.74) is 4.46. The Balaban J connectivity index is 1.31. The number of hydrogen-bond donors (Lipinski definition) is 0. The number of para-hydroxylation sites is 1. The maximum Gasteiger partial charge on any atom is 0.242 e. The third-order valence-corrected chi connectivity index (χ3v) is 6.79. The van der Waals surface area contributed by atoms with E-state index in [1.165, 1.54) is 0 Å². The molecule has 1 aliphatic heterocycles. The lowest BCUT2D eigenvalue weighted by atomic mass is 10.0. The molecule has 34 heavy (non-hydrogen) atoms. The number of pyridine rings is 1. The Kier molecular flexibility index (Phi) is 6.06. The van der Waals surface area contributed by atoms with Gasteiger partial charge in [0.15, 0.2) is 5.65 Å². The fraction of sp³-hybridized carbons (Fsp3) is 0.292. The van der Waals surface area contributed by atoms with Crippen LogP contribution in [0.25, 0.3) is 22.3 Å². The number of carbonyl (C=O) groups excluding carboxylic acids is 1. The van der Waals surface area contributed by atoms with Gasteiger partial charge in [-0.2, -0.15) is 0 Å². The highest BCUT2D eigenvalue weighted by Gasteiger charge is 2.29. The topological polar surface area (TPSA) is 97.1 Å². The number of carbonyl (C=O) groups is 1. The standard InChI is InChI=1S/C24H25N7O2S/c1-17-14-29(21-8-4-3-6-19(21)18-12-26-24(27-13-18)34(2)33)10-11-31(17)22(32)15-30-16-28-20-7-5-9-25-23(20)30/h3-9,12-13,16-17H,10-11,14-15H2,1-2H3. The molecule has 2 unspecified atom stereocenters. The summed E-state index contributed by atoms with van der Waals surface area (Å²) in [6.45, 7) is 4.35. The summed E-state index contributed by atoms with van der Waals surface area (Å²) in [6, 6.07) is 11.9. The first-order chi connectivity index (χ1) is 16.5. The van der Waals surface area contributed by atoms with Crippen LogP contribution in [0.4, 0.5) is 5.69 Å². The Morgan fingerprint density at radius 3 is 2.62 bits per heavy atom. The second-order valence-corrected chi connectivity index (χ2v) is 9.60. The molecule has 1 amide bonds. The van der Waals surface area contributed by atoms with Crippen LogP contribution < -0.4 is 4.90 Å². The largest absolute Gasteiger partial charge is 0.367 e. The summed E-state index contributed by atoms with van der Waals surface area (Å²) < 4.78 is 13.4. The lowest BCUT2D eigenvalue weighted by Gasteiger charge is -2.41. The molecule has 5 rings (SSSR count). The van der Waals surface area contributed by atoms with E-state index in [2.05, 4.69) is 37.8 Å². The molecule has 3 aromatic heterocycles. The number of rotatable bonds is 5. The molecule has 0 bridgehead atoms. The predicted molar refractivity (Wildman–Crippen MR) is 131 cm³/mol. The summed E-state index contributed by atoms with van der Waals surface area (Å²) in [5.74, 6) is 0.0574. The Bertz CT molecular complexity index is 1350. The van der Waals surface area contributed by atoms with Crippen molar-refractivity contribution in [3.8, 4) is 11.1 Å². The SMILES string of the molecule is CC1CN(c2ccccc2-c2cnc(S(C)=O)nc2)CCN1C(=O)Cn1cnc2cccnc21. The zero-order chi connectivity index (χ0) is 23.7. The Hall–Kier alpha value is -3.66. The van der Waals surface area contributed by atoms with Gasteiger partial charge in [0.1, 0.15) is 12.1 Å². The van der Waals surface area contributed by atoms with E-state index in [9.17, 15) is 9.00 Å². The second-order valence-electron chi connectivity index (χ2n) is 8.33. The number of piperazine rings is 1. The van der Waals surface area contributed by atoms with Crippen molar-refractivity contribution in [1.82, 2.24) is 29.4 Å². The van der Waals surface area contributed by atoms with Crippen LogP contribution in [-0.4, -0.2) is 71.5 Å². The summed E-state index contributed by atoms with van der Waals surface area (Å²) >= 11 is 0. The first-order valence-corrected chi connectivity index (χ1v) is 12.6. The molecule has 174 valence electrons. The van der Waals surface area contributed by atoms with E-state index in [0.29, 0.717) is 24.8 Å². The molecule has 0 N–H and O–H groups in total. The highest BCUT2D eigenvalue weighted by molar-refractivity contribution is 7.84. The number of nitrogens with zero attached hydrogens (tertiary/aromatic N) is 7. The van der Waals surface area contributed by atoms with E-state index < -0.39 is 10.8 Å². The number of imidazole rings is 1. The van der Waals surface area contributed by atoms with Crippen LogP contribution in [0, 0.1) is 0 Å². The van der Waals surface area contributed by atoms with Crippen LogP contribution in [0.15, 0.2) is 66.5 Å². The average molecular weight is 476 g/mol. The minimum Gasteiger partial charge on any atom is -0.367 e. The van der Waals surface area contributed by atoms with Gasteiger partial charge in [-0.05, 0) is 25.1 Å². The first-order valence-electron chi connectivity index (χ1n) is 11.1. The number of anilines is 1. The van der Waals surface area contributed by atoms with Crippen molar-refractivity contribution in [3.63, 3.8) is 0 Å². The fourth-order valence-electron chi connectivity index (χ4n) is 4.39. The summed E-state index contributed by atoms with van der Waals surface area (Å²) in [4.78, 5) is 34.6. The molecule has 0 aliphatic carbocycles. The van der Waals surface area contributed by atoms with Gasteiger partial charge >= 0.3 is 0 Å². The molecule has 2 atom stereocenters. The second kappa shape index (κ2) is 9.30. The molecule has 4 aromatic rings. The normalized spacial score (nSPS) is 17.2. The van der Waals surface area contributed by atoms with Gasteiger partial charge in [-0.1, -0.05) is 18.2 Å². The van der Waals surface area contributed by atoms with Crippen molar-refractivity contribution in [2.24, 2.45) is 0 Å². The molecule has 1 fully saturated rings. The Morgan fingerprint density at radius 1 is 1.06 bits per heavy atom. The lowest BCUT2D eigenvalue weighted by molar-refractivity contribution is -0.134. The smallest absolute Gasteiger partial charge is 0.242 e. The van der Waals surface area contributed by atoms with Crippen LogP contribution in [0.1, 0.15) is 6.92 Å². The summed E-state index contributed by atoms with van der Waals surface area (Å²) in [7, 11) is -1.22. The number of amides is 1. The van der Waals surface area contributed by atoms with Gasteiger partial charge in [-0.25, -0.2) is 19.9 Å². The monoisotopic (exact) mass is 475 g/mol. The molecular formula is C24H25N7O2S. The number of aromatic nitrogens is 5. The average Bonchev–Trinajstić information content (AvgIpc) is 3.26. The van der Waals surface area contributed by atoms with Gasteiger partial charge in [0.2, 0.25) is 11.1 Å². The Morgan fingerprint density at radius 2 is 1.85 bits per heavy atom. The van der Waals surface area contributed by atoms with Crippen molar-refractivity contribution in [3.05, 3.63) is 61.3 Å². The van der Waals surface area contributed by atoms with Crippen molar-refractivity contribution in [2.45, 2.75) is 24.7 Å². The van der Waals surface area contributed by atoms with Crippen LogP contribution in [0.5, 0.6) is 0 Å². The van der Waals surface area contributed by atoms with Crippen molar-refractivity contribution >= 4 is 33.6 Å².